The van der Waals surface area contributed by atoms with E-state index in [0.717, 1.165) is 6.07 Å². The summed E-state index contributed by atoms with van der Waals surface area (Å²) in [7, 11) is 1.56. The Morgan fingerprint density at radius 1 is 1.10 bits per heavy atom. The molecular formula is C20H17NaO8. The molecule has 0 aliphatic heterocycles. The van der Waals surface area contributed by atoms with E-state index in [-0.39, 0.29) is 59.5 Å². The molecule has 8 nitrogen and oxygen atoms in total. The Bertz CT molecular complexity index is 1030. The van der Waals surface area contributed by atoms with Gasteiger partial charge in [0.1, 0.15) is 53.5 Å². The second kappa shape index (κ2) is 10.3. The summed E-state index contributed by atoms with van der Waals surface area (Å²) in [5, 5.41) is 21.0. The molecule has 1 unspecified atom stereocenters. The van der Waals surface area contributed by atoms with E-state index in [1.165, 1.54) is 12.1 Å². The van der Waals surface area contributed by atoms with Crippen molar-refractivity contribution >= 4 is 16.9 Å². The van der Waals surface area contributed by atoms with Crippen molar-refractivity contribution in [3.8, 4) is 17.2 Å². The smallest absolute Gasteiger partial charge is 0.542 e. The van der Waals surface area contributed by atoms with Gasteiger partial charge in [-0.05, 0) is 36.4 Å². The van der Waals surface area contributed by atoms with Crippen molar-refractivity contribution in [1.29, 1.82) is 0 Å². The maximum atomic E-state index is 12.2. The molecular weight excluding hydrogens is 391 g/mol. The van der Waals surface area contributed by atoms with Crippen LogP contribution in [0, 0.1) is 0 Å². The van der Waals surface area contributed by atoms with Crippen LogP contribution in [-0.4, -0.2) is 37.5 Å². The first-order chi connectivity index (χ1) is 13.5. The van der Waals surface area contributed by atoms with Crippen LogP contribution < -0.4 is 54.3 Å². The summed E-state index contributed by atoms with van der Waals surface area (Å²) in [6.45, 7) is -0.169. The number of ether oxygens (including phenoxy) is 3. The molecule has 0 aliphatic rings. The van der Waals surface area contributed by atoms with E-state index in [1.54, 1.807) is 37.4 Å². The van der Waals surface area contributed by atoms with Crippen molar-refractivity contribution in [1.82, 2.24) is 0 Å². The molecule has 0 amide bonds. The van der Waals surface area contributed by atoms with Crippen molar-refractivity contribution in [2.45, 2.75) is 6.10 Å². The van der Waals surface area contributed by atoms with Crippen molar-refractivity contribution in [3.63, 3.8) is 0 Å². The molecule has 3 aromatic rings. The number of carbonyl (C=O) groups excluding carboxylic acids is 1. The van der Waals surface area contributed by atoms with Gasteiger partial charge in [0.2, 0.25) is 0 Å². The first-order valence-electron chi connectivity index (χ1n) is 8.34. The summed E-state index contributed by atoms with van der Waals surface area (Å²) in [6.07, 6.45) is -0.966. The number of aliphatic hydroxyl groups is 1. The van der Waals surface area contributed by atoms with Crippen LogP contribution >= 0.6 is 0 Å². The minimum atomic E-state index is -1.59. The summed E-state index contributed by atoms with van der Waals surface area (Å²) >= 11 is 0. The molecule has 146 valence electrons. The Balaban J connectivity index is 0.00000300. The third kappa shape index (κ3) is 5.74. The van der Waals surface area contributed by atoms with Crippen molar-refractivity contribution in [2.24, 2.45) is 0 Å². The molecule has 2 aromatic carbocycles. The van der Waals surface area contributed by atoms with Gasteiger partial charge in [0.15, 0.2) is 11.2 Å². The van der Waals surface area contributed by atoms with Gasteiger partial charge in [0, 0.05) is 6.07 Å². The normalized spacial score (nSPS) is 11.4. The molecule has 0 radical (unpaired) electrons. The third-order valence-electron chi connectivity index (χ3n) is 3.85. The van der Waals surface area contributed by atoms with Gasteiger partial charge in [-0.3, -0.25) is 4.79 Å². The number of hydrogen-bond donors (Lipinski definition) is 1. The van der Waals surface area contributed by atoms with Crippen molar-refractivity contribution in [3.05, 3.63) is 64.5 Å². The van der Waals surface area contributed by atoms with Crippen molar-refractivity contribution in [2.75, 3.05) is 20.3 Å². The molecule has 0 aliphatic carbocycles. The average molecular weight is 408 g/mol. The zero-order valence-corrected chi connectivity index (χ0v) is 17.9. The van der Waals surface area contributed by atoms with Crippen LogP contribution in [0.4, 0.5) is 0 Å². The summed E-state index contributed by atoms with van der Waals surface area (Å²) in [4.78, 5) is 23.1. The van der Waals surface area contributed by atoms with E-state index < -0.39 is 23.3 Å². The Hall–Kier alpha value is -2.52. The number of benzene rings is 2. The molecule has 0 fully saturated rings. The summed E-state index contributed by atoms with van der Waals surface area (Å²) in [5.41, 5.74) is -0.534. The number of carboxylic acid groups (broad SMARTS) is 1. The molecule has 0 bridgehead atoms. The molecule has 1 N–H and O–H groups in total. The van der Waals surface area contributed by atoms with E-state index in [2.05, 4.69) is 0 Å². The fourth-order valence-electron chi connectivity index (χ4n) is 2.50. The molecule has 0 saturated heterocycles. The fraction of sp³-hybridized carbons (Fsp3) is 0.200. The SMILES string of the molecule is COc1ccc(OCC(O)COc2cccc3oc(C(=O)[O-])cc(=O)c23)cc1.[Na+]. The van der Waals surface area contributed by atoms with Gasteiger partial charge in [0.25, 0.3) is 0 Å². The first-order valence-corrected chi connectivity index (χ1v) is 8.34. The third-order valence-corrected chi connectivity index (χ3v) is 3.85. The van der Waals surface area contributed by atoms with Crippen LogP contribution in [0.5, 0.6) is 17.2 Å². The number of carbonyl (C=O) groups is 1. The zero-order chi connectivity index (χ0) is 20.1. The number of fused-ring (bicyclic) bond motifs is 1. The van der Waals surface area contributed by atoms with Crippen LogP contribution in [0.1, 0.15) is 10.6 Å². The van der Waals surface area contributed by atoms with E-state index in [4.69, 9.17) is 18.6 Å². The number of rotatable bonds is 8. The molecule has 1 aromatic heterocycles. The van der Waals surface area contributed by atoms with Crippen LogP contribution in [-0.2, 0) is 0 Å². The average Bonchev–Trinajstić information content (AvgIpc) is 2.70. The van der Waals surface area contributed by atoms with Gasteiger partial charge < -0.3 is 33.6 Å². The van der Waals surface area contributed by atoms with Crippen LogP contribution in [0.25, 0.3) is 11.0 Å². The standard InChI is InChI=1S/C20H18O8.Na/c1-25-13-5-7-14(8-6-13)26-10-12(21)11-27-16-3-2-4-17-19(16)15(22)9-18(28-17)20(23)24;/h2-9,12,21H,10-11H2,1H3,(H,23,24);/q;+1/p-1. The molecule has 3 rings (SSSR count). The second-order valence-corrected chi connectivity index (χ2v) is 5.84. The molecule has 0 spiro atoms. The Morgan fingerprint density at radius 2 is 1.76 bits per heavy atom. The summed E-state index contributed by atoms with van der Waals surface area (Å²) < 4.78 is 21.2. The maximum Gasteiger partial charge on any atom is 1.00 e. The first kappa shape index (κ1) is 22.8. The van der Waals surface area contributed by atoms with Gasteiger partial charge >= 0.3 is 29.6 Å². The number of aromatic carboxylic acids is 1. The van der Waals surface area contributed by atoms with Gasteiger partial charge in [-0.1, -0.05) is 6.07 Å². The number of carboxylic acids is 1. The predicted octanol–water partition coefficient (Wildman–Crippen LogP) is -2.01. The van der Waals surface area contributed by atoms with Gasteiger partial charge in [-0.25, -0.2) is 0 Å². The van der Waals surface area contributed by atoms with Gasteiger partial charge in [0.05, 0.1) is 7.11 Å². The van der Waals surface area contributed by atoms with E-state index in [0.29, 0.717) is 11.5 Å². The monoisotopic (exact) mass is 408 g/mol. The van der Waals surface area contributed by atoms with Crippen LogP contribution in [0.15, 0.2) is 57.7 Å². The molecule has 0 saturated carbocycles. The Labute approximate surface area is 187 Å². The Morgan fingerprint density at radius 3 is 2.41 bits per heavy atom. The topological polar surface area (TPSA) is 118 Å². The van der Waals surface area contributed by atoms with Gasteiger partial charge in [-0.2, -0.15) is 0 Å². The summed E-state index contributed by atoms with van der Waals surface area (Å²) in [5.74, 6) is -0.744. The second-order valence-electron chi connectivity index (χ2n) is 5.84. The summed E-state index contributed by atoms with van der Waals surface area (Å²) in [6, 6.07) is 12.2. The predicted molar refractivity (Wildman–Crippen MR) is 96.8 cm³/mol. The van der Waals surface area contributed by atoms with Crippen molar-refractivity contribution < 1.29 is 63.2 Å². The van der Waals surface area contributed by atoms with Gasteiger partial charge in [-0.15, -0.1) is 0 Å². The quantitative estimate of drug-likeness (QED) is 0.425. The zero-order valence-electron chi connectivity index (χ0n) is 15.9. The number of aliphatic hydroxyl groups excluding tert-OH is 1. The number of methoxy groups -OCH3 is 1. The molecule has 9 heteroatoms. The van der Waals surface area contributed by atoms with E-state index >= 15 is 0 Å². The fourth-order valence-corrected chi connectivity index (χ4v) is 2.50. The van der Waals surface area contributed by atoms with E-state index in [1.807, 2.05) is 0 Å². The number of hydrogen-bond acceptors (Lipinski definition) is 8. The van der Waals surface area contributed by atoms with Crippen LogP contribution in [0.2, 0.25) is 0 Å². The largest absolute Gasteiger partial charge is 1.00 e. The molecule has 1 atom stereocenters. The minimum Gasteiger partial charge on any atom is -0.542 e. The van der Waals surface area contributed by atoms with E-state index in [9.17, 15) is 19.8 Å². The van der Waals surface area contributed by atoms with Crippen LogP contribution in [0.3, 0.4) is 0 Å². The Kier molecular flexibility index (Phi) is 8.10. The minimum absolute atomic E-state index is 0. The molecule has 29 heavy (non-hydrogen) atoms. The molecule has 1 heterocycles. The maximum absolute atomic E-state index is 12.2.